The molecule has 0 saturated carbocycles. The number of benzene rings is 2. The van der Waals surface area contributed by atoms with E-state index in [1.165, 1.54) is 0 Å². The number of hydrogen-bond donors (Lipinski definition) is 1. The van der Waals surface area contributed by atoms with Crippen LogP contribution in [0.1, 0.15) is 17.9 Å². The number of esters is 1. The molecule has 0 atom stereocenters. The number of amides is 1. The van der Waals surface area contributed by atoms with Gasteiger partial charge in [0.1, 0.15) is 0 Å². The molecule has 1 aromatic heterocycles. The second kappa shape index (κ2) is 9.48. The van der Waals surface area contributed by atoms with Crippen LogP contribution >= 0.6 is 11.6 Å². The largest absolute Gasteiger partial charge is 0.456 e. The number of halogens is 1. The van der Waals surface area contributed by atoms with Crippen molar-refractivity contribution in [3.8, 4) is 17.5 Å². The molecule has 0 bridgehead atoms. The third kappa shape index (κ3) is 5.89. The van der Waals surface area contributed by atoms with Crippen molar-refractivity contribution < 1.29 is 18.8 Å². The normalized spacial score (nSPS) is 10.2. The molecular formula is C20H15ClN4O4. The Kier molecular flexibility index (Phi) is 6.55. The highest BCUT2D eigenvalue weighted by molar-refractivity contribution is 6.30. The molecule has 1 amide bonds. The van der Waals surface area contributed by atoms with Gasteiger partial charge in [-0.25, -0.2) is 0 Å². The van der Waals surface area contributed by atoms with Crippen LogP contribution in [0.2, 0.25) is 5.02 Å². The maximum atomic E-state index is 11.8. The molecule has 0 aliphatic heterocycles. The highest BCUT2D eigenvalue weighted by Crippen LogP contribution is 2.19. The zero-order valence-electron chi connectivity index (χ0n) is 15.1. The summed E-state index contributed by atoms with van der Waals surface area (Å²) in [6.07, 6.45) is 0.184. The summed E-state index contributed by atoms with van der Waals surface area (Å²) < 4.78 is 10.1. The Bertz CT molecular complexity index is 1040. The van der Waals surface area contributed by atoms with E-state index in [-0.39, 0.29) is 18.7 Å². The van der Waals surface area contributed by atoms with E-state index in [9.17, 15) is 9.59 Å². The number of nitriles is 1. The molecule has 0 radical (unpaired) electrons. The highest BCUT2D eigenvalue weighted by atomic mass is 35.5. The average Bonchev–Trinajstić information content (AvgIpc) is 3.21. The summed E-state index contributed by atoms with van der Waals surface area (Å²) in [4.78, 5) is 27.9. The first kappa shape index (κ1) is 20.0. The van der Waals surface area contributed by atoms with Gasteiger partial charge in [0, 0.05) is 22.7 Å². The predicted molar refractivity (Wildman–Crippen MR) is 104 cm³/mol. The lowest BCUT2D eigenvalue weighted by Crippen LogP contribution is -2.21. The van der Waals surface area contributed by atoms with Crippen LogP contribution in [0.5, 0.6) is 0 Å². The number of ether oxygens (including phenoxy) is 1. The fraction of sp³-hybridized carbons (Fsp3) is 0.150. The van der Waals surface area contributed by atoms with Gasteiger partial charge in [-0.3, -0.25) is 9.59 Å². The predicted octanol–water partition coefficient (Wildman–Crippen LogP) is 3.38. The van der Waals surface area contributed by atoms with E-state index in [0.717, 1.165) is 5.56 Å². The van der Waals surface area contributed by atoms with Gasteiger partial charge >= 0.3 is 5.97 Å². The lowest BCUT2D eigenvalue weighted by molar-refractivity contribution is -0.147. The lowest BCUT2D eigenvalue weighted by Gasteiger charge is -2.06. The number of aryl methyl sites for hydroxylation is 1. The minimum atomic E-state index is -0.564. The molecule has 146 valence electrons. The molecule has 29 heavy (non-hydrogen) atoms. The van der Waals surface area contributed by atoms with Crippen molar-refractivity contribution in [3.05, 3.63) is 65.0 Å². The first-order valence-corrected chi connectivity index (χ1v) is 8.95. The van der Waals surface area contributed by atoms with Crippen LogP contribution in [0, 0.1) is 11.3 Å². The van der Waals surface area contributed by atoms with Crippen molar-refractivity contribution in [1.82, 2.24) is 10.1 Å². The Morgan fingerprint density at radius 2 is 1.86 bits per heavy atom. The molecule has 0 fully saturated rings. The van der Waals surface area contributed by atoms with Crippen molar-refractivity contribution in [3.63, 3.8) is 0 Å². The van der Waals surface area contributed by atoms with Crippen LogP contribution in [0.25, 0.3) is 11.4 Å². The first-order chi connectivity index (χ1) is 14.0. The second-order valence-corrected chi connectivity index (χ2v) is 6.35. The van der Waals surface area contributed by atoms with Crippen LogP contribution in [-0.4, -0.2) is 28.6 Å². The Balaban J connectivity index is 1.42. The summed E-state index contributed by atoms with van der Waals surface area (Å²) in [5.41, 5.74) is 1.73. The summed E-state index contributed by atoms with van der Waals surface area (Å²) in [5.74, 6) is -0.363. The molecule has 0 aliphatic rings. The number of carbonyl (C=O) groups excluding carboxylic acids is 2. The summed E-state index contributed by atoms with van der Waals surface area (Å²) >= 11 is 5.84. The van der Waals surface area contributed by atoms with Crippen LogP contribution in [-0.2, 0) is 20.7 Å². The zero-order chi connectivity index (χ0) is 20.6. The molecule has 8 nitrogen and oxygen atoms in total. The van der Waals surface area contributed by atoms with Gasteiger partial charge in [0.15, 0.2) is 6.61 Å². The molecule has 3 rings (SSSR count). The van der Waals surface area contributed by atoms with Crippen molar-refractivity contribution >= 4 is 29.2 Å². The standard InChI is InChI=1S/C20H15ClN4O4/c21-15-5-3-14(4-6-15)20-24-18(29-25-20)9-10-19(27)28-12-17(26)23-16-7-1-13(11-22)2-8-16/h1-8H,9-10,12H2,(H,23,26). The van der Waals surface area contributed by atoms with Crippen LogP contribution < -0.4 is 5.32 Å². The third-order valence-electron chi connectivity index (χ3n) is 3.78. The summed E-state index contributed by atoms with van der Waals surface area (Å²) in [6, 6.07) is 15.3. The van der Waals surface area contributed by atoms with E-state index in [2.05, 4.69) is 15.5 Å². The zero-order valence-corrected chi connectivity index (χ0v) is 15.8. The van der Waals surface area contributed by atoms with E-state index >= 15 is 0 Å². The number of aromatic nitrogens is 2. The Labute approximate surface area is 171 Å². The molecule has 0 unspecified atom stereocenters. The van der Waals surface area contributed by atoms with Gasteiger partial charge in [-0.05, 0) is 48.5 Å². The third-order valence-corrected chi connectivity index (χ3v) is 4.03. The topological polar surface area (TPSA) is 118 Å². The smallest absolute Gasteiger partial charge is 0.306 e. The van der Waals surface area contributed by atoms with Crippen LogP contribution in [0.15, 0.2) is 53.1 Å². The van der Waals surface area contributed by atoms with Crippen molar-refractivity contribution in [2.45, 2.75) is 12.8 Å². The van der Waals surface area contributed by atoms with Gasteiger partial charge in [-0.2, -0.15) is 10.2 Å². The number of nitrogens with zero attached hydrogens (tertiary/aromatic N) is 3. The fourth-order valence-electron chi connectivity index (χ4n) is 2.32. The summed E-state index contributed by atoms with van der Waals surface area (Å²) in [7, 11) is 0. The molecule has 0 spiro atoms. The molecule has 9 heteroatoms. The number of carbonyl (C=O) groups is 2. The van der Waals surface area contributed by atoms with Crippen LogP contribution in [0.4, 0.5) is 5.69 Å². The van der Waals surface area contributed by atoms with E-state index in [4.69, 9.17) is 26.1 Å². The van der Waals surface area contributed by atoms with E-state index < -0.39 is 18.5 Å². The number of hydrogen-bond acceptors (Lipinski definition) is 7. The molecule has 2 aromatic carbocycles. The van der Waals surface area contributed by atoms with Gasteiger partial charge in [0.05, 0.1) is 18.1 Å². The summed E-state index contributed by atoms with van der Waals surface area (Å²) in [6.45, 7) is -0.418. The molecular weight excluding hydrogens is 396 g/mol. The summed E-state index contributed by atoms with van der Waals surface area (Å²) in [5, 5.41) is 15.8. The average molecular weight is 411 g/mol. The van der Waals surface area contributed by atoms with E-state index in [0.29, 0.717) is 22.1 Å². The van der Waals surface area contributed by atoms with Crippen molar-refractivity contribution in [1.29, 1.82) is 5.26 Å². The molecule has 1 N–H and O–H groups in total. The maximum Gasteiger partial charge on any atom is 0.306 e. The maximum absolute atomic E-state index is 11.8. The minimum Gasteiger partial charge on any atom is -0.456 e. The van der Waals surface area contributed by atoms with Crippen molar-refractivity contribution in [2.75, 3.05) is 11.9 Å². The monoisotopic (exact) mass is 410 g/mol. The quantitative estimate of drug-likeness (QED) is 0.593. The van der Waals surface area contributed by atoms with E-state index in [1.54, 1.807) is 48.5 Å². The first-order valence-electron chi connectivity index (χ1n) is 8.57. The van der Waals surface area contributed by atoms with Crippen LogP contribution in [0.3, 0.4) is 0 Å². The van der Waals surface area contributed by atoms with Gasteiger partial charge in [0.25, 0.3) is 5.91 Å². The minimum absolute atomic E-state index is 0.00754. The highest BCUT2D eigenvalue weighted by Gasteiger charge is 2.13. The van der Waals surface area contributed by atoms with Gasteiger partial charge in [-0.15, -0.1) is 0 Å². The Morgan fingerprint density at radius 3 is 2.55 bits per heavy atom. The van der Waals surface area contributed by atoms with Gasteiger partial charge < -0.3 is 14.6 Å². The molecule has 3 aromatic rings. The molecule has 1 heterocycles. The number of rotatable bonds is 7. The number of nitrogens with one attached hydrogen (secondary N) is 1. The number of anilines is 1. The fourth-order valence-corrected chi connectivity index (χ4v) is 2.45. The second-order valence-electron chi connectivity index (χ2n) is 5.92. The SMILES string of the molecule is N#Cc1ccc(NC(=O)COC(=O)CCc2nc(-c3ccc(Cl)cc3)no2)cc1. The van der Waals surface area contributed by atoms with E-state index in [1.807, 2.05) is 6.07 Å². The molecule has 0 saturated heterocycles. The van der Waals surface area contributed by atoms with Gasteiger partial charge in [-0.1, -0.05) is 16.8 Å². The van der Waals surface area contributed by atoms with Gasteiger partial charge in [0.2, 0.25) is 11.7 Å². The van der Waals surface area contributed by atoms with Crippen molar-refractivity contribution in [2.24, 2.45) is 0 Å². The Hall–Kier alpha value is -3.70. The molecule has 0 aliphatic carbocycles. The Morgan fingerprint density at radius 1 is 1.14 bits per heavy atom. The lowest BCUT2D eigenvalue weighted by atomic mass is 10.2.